The second kappa shape index (κ2) is 5.20. The quantitative estimate of drug-likeness (QED) is 0.433. The molecule has 3 heteroatoms. The van der Waals surface area contributed by atoms with Crippen LogP contribution in [0.2, 0.25) is 0 Å². The molecule has 15 heavy (non-hydrogen) atoms. The second-order valence-electron chi connectivity index (χ2n) is 3.01. The average molecular weight is 206 g/mol. The average Bonchev–Trinajstić information content (AvgIpc) is 2.27. The minimum atomic E-state index is -0.472. The van der Waals surface area contributed by atoms with Crippen LogP contribution in [0, 0.1) is 6.92 Å². The Labute approximate surface area is 89.3 Å². The zero-order valence-corrected chi connectivity index (χ0v) is 9.11. The maximum atomic E-state index is 11.2. The van der Waals surface area contributed by atoms with Gasteiger partial charge in [-0.15, -0.1) is 0 Å². The van der Waals surface area contributed by atoms with Gasteiger partial charge in [0.1, 0.15) is 5.75 Å². The smallest absolute Gasteiger partial charge is 0.373 e. The molecule has 1 rings (SSSR count). The number of para-hydroxylation sites is 1. The van der Waals surface area contributed by atoms with Gasteiger partial charge in [-0.3, -0.25) is 0 Å². The van der Waals surface area contributed by atoms with Gasteiger partial charge in [0, 0.05) is 0 Å². The zero-order valence-electron chi connectivity index (χ0n) is 9.11. The molecule has 3 nitrogen and oxygen atoms in total. The first kappa shape index (κ1) is 11.3. The molecule has 0 aliphatic carbocycles. The van der Waals surface area contributed by atoms with E-state index in [9.17, 15) is 4.79 Å². The molecule has 80 valence electrons. The SMILES string of the molecule is CC=C(Oc1ccccc1C)C(=O)OC. The third kappa shape index (κ3) is 2.84. The van der Waals surface area contributed by atoms with E-state index in [4.69, 9.17) is 4.74 Å². The van der Waals surface area contributed by atoms with Gasteiger partial charge < -0.3 is 9.47 Å². The molecule has 0 N–H and O–H groups in total. The van der Waals surface area contributed by atoms with Crippen molar-refractivity contribution in [3.8, 4) is 5.75 Å². The molecule has 0 aliphatic heterocycles. The molecular formula is C12H14O3. The van der Waals surface area contributed by atoms with Crippen molar-refractivity contribution in [3.63, 3.8) is 0 Å². The Morgan fingerprint density at radius 2 is 2.00 bits per heavy atom. The van der Waals surface area contributed by atoms with Crippen molar-refractivity contribution in [3.05, 3.63) is 41.7 Å². The van der Waals surface area contributed by atoms with Gasteiger partial charge in [0.15, 0.2) is 0 Å². The van der Waals surface area contributed by atoms with E-state index in [0.29, 0.717) is 5.75 Å². The molecule has 1 aromatic carbocycles. The van der Waals surface area contributed by atoms with E-state index in [1.165, 1.54) is 7.11 Å². The summed E-state index contributed by atoms with van der Waals surface area (Å²) in [6, 6.07) is 7.49. The maximum absolute atomic E-state index is 11.2. The van der Waals surface area contributed by atoms with E-state index < -0.39 is 5.97 Å². The summed E-state index contributed by atoms with van der Waals surface area (Å²) in [6.45, 7) is 3.64. The van der Waals surface area contributed by atoms with Crippen LogP contribution in [0.25, 0.3) is 0 Å². The Kier molecular flexibility index (Phi) is 3.92. The summed E-state index contributed by atoms with van der Waals surface area (Å²) in [6.07, 6.45) is 1.58. The highest BCUT2D eigenvalue weighted by molar-refractivity contribution is 5.86. The Hall–Kier alpha value is -1.77. The van der Waals surface area contributed by atoms with Gasteiger partial charge in [0.2, 0.25) is 5.76 Å². The minimum Gasteiger partial charge on any atom is -0.463 e. The molecule has 0 aliphatic rings. The summed E-state index contributed by atoms with van der Waals surface area (Å²) >= 11 is 0. The maximum Gasteiger partial charge on any atom is 0.373 e. The molecule has 0 saturated carbocycles. The minimum absolute atomic E-state index is 0.201. The molecule has 0 atom stereocenters. The van der Waals surface area contributed by atoms with Gasteiger partial charge in [0.25, 0.3) is 0 Å². The number of rotatable bonds is 3. The summed E-state index contributed by atoms with van der Waals surface area (Å²) in [4.78, 5) is 11.2. The number of hydrogen-bond acceptors (Lipinski definition) is 3. The highest BCUT2D eigenvalue weighted by atomic mass is 16.6. The lowest BCUT2D eigenvalue weighted by Gasteiger charge is -2.09. The van der Waals surface area contributed by atoms with E-state index in [1.807, 2.05) is 31.2 Å². The first-order chi connectivity index (χ1) is 7.19. The van der Waals surface area contributed by atoms with Crippen LogP contribution in [0.15, 0.2) is 36.1 Å². The van der Waals surface area contributed by atoms with E-state index in [2.05, 4.69) is 4.74 Å². The highest BCUT2D eigenvalue weighted by Gasteiger charge is 2.11. The lowest BCUT2D eigenvalue weighted by atomic mass is 10.2. The number of methoxy groups -OCH3 is 1. The molecule has 0 bridgehead atoms. The number of ether oxygens (including phenoxy) is 2. The molecule has 0 fully saturated rings. The molecule has 0 spiro atoms. The van der Waals surface area contributed by atoms with Gasteiger partial charge >= 0.3 is 5.97 Å². The molecular weight excluding hydrogens is 192 g/mol. The predicted octanol–water partition coefficient (Wildman–Crippen LogP) is 2.45. The Bertz CT molecular complexity index is 380. The van der Waals surface area contributed by atoms with Crippen molar-refractivity contribution in [2.75, 3.05) is 7.11 Å². The Morgan fingerprint density at radius 3 is 2.53 bits per heavy atom. The van der Waals surface area contributed by atoms with Crippen molar-refractivity contribution in [2.24, 2.45) is 0 Å². The lowest BCUT2D eigenvalue weighted by Crippen LogP contribution is -2.10. The van der Waals surface area contributed by atoms with Gasteiger partial charge in [-0.2, -0.15) is 0 Å². The van der Waals surface area contributed by atoms with Crippen LogP contribution in [0.4, 0.5) is 0 Å². The standard InChI is InChI=1S/C12H14O3/c1-4-10(12(13)14-3)15-11-8-6-5-7-9(11)2/h4-8H,1-3H3. The number of carbonyl (C=O) groups excluding carboxylic acids is 1. The van der Waals surface area contributed by atoms with Crippen LogP contribution in [0.5, 0.6) is 5.75 Å². The number of esters is 1. The largest absolute Gasteiger partial charge is 0.463 e. The topological polar surface area (TPSA) is 35.5 Å². The van der Waals surface area contributed by atoms with E-state index in [-0.39, 0.29) is 5.76 Å². The molecule has 0 aromatic heterocycles. The van der Waals surface area contributed by atoms with E-state index >= 15 is 0 Å². The number of hydrogen-bond donors (Lipinski definition) is 0. The van der Waals surface area contributed by atoms with Crippen molar-refractivity contribution in [2.45, 2.75) is 13.8 Å². The monoisotopic (exact) mass is 206 g/mol. The first-order valence-electron chi connectivity index (χ1n) is 4.67. The van der Waals surface area contributed by atoms with Crippen molar-refractivity contribution in [1.29, 1.82) is 0 Å². The predicted molar refractivity (Wildman–Crippen MR) is 57.6 cm³/mol. The van der Waals surface area contributed by atoms with Crippen molar-refractivity contribution in [1.82, 2.24) is 0 Å². The second-order valence-corrected chi connectivity index (χ2v) is 3.01. The fraction of sp³-hybridized carbons (Fsp3) is 0.250. The van der Waals surface area contributed by atoms with Crippen molar-refractivity contribution < 1.29 is 14.3 Å². The number of allylic oxidation sites excluding steroid dienone is 1. The molecule has 0 saturated heterocycles. The molecule has 0 amide bonds. The molecule has 1 aromatic rings. The zero-order chi connectivity index (χ0) is 11.3. The third-order valence-electron chi connectivity index (χ3n) is 1.96. The summed E-state index contributed by atoms with van der Waals surface area (Å²) in [5, 5.41) is 0. The van der Waals surface area contributed by atoms with Crippen LogP contribution in [-0.2, 0) is 9.53 Å². The van der Waals surface area contributed by atoms with Gasteiger partial charge in [-0.25, -0.2) is 4.79 Å². The van der Waals surface area contributed by atoms with Crippen LogP contribution < -0.4 is 4.74 Å². The summed E-state index contributed by atoms with van der Waals surface area (Å²) in [7, 11) is 1.33. The number of aryl methyl sites for hydroxylation is 1. The molecule has 0 radical (unpaired) electrons. The van der Waals surface area contributed by atoms with Crippen molar-refractivity contribution >= 4 is 5.97 Å². The third-order valence-corrected chi connectivity index (χ3v) is 1.96. The summed E-state index contributed by atoms with van der Waals surface area (Å²) in [5.41, 5.74) is 0.973. The summed E-state index contributed by atoms with van der Waals surface area (Å²) < 4.78 is 10.0. The summed E-state index contributed by atoms with van der Waals surface area (Å²) in [5.74, 6) is 0.392. The molecule has 0 unspecified atom stereocenters. The number of benzene rings is 1. The van der Waals surface area contributed by atoms with Crippen LogP contribution in [0.3, 0.4) is 0 Å². The van der Waals surface area contributed by atoms with Gasteiger partial charge in [-0.1, -0.05) is 18.2 Å². The van der Waals surface area contributed by atoms with Gasteiger partial charge in [0.05, 0.1) is 7.11 Å². The number of carbonyl (C=O) groups is 1. The highest BCUT2D eigenvalue weighted by Crippen LogP contribution is 2.19. The van der Waals surface area contributed by atoms with E-state index in [0.717, 1.165) is 5.56 Å². The fourth-order valence-electron chi connectivity index (χ4n) is 1.11. The van der Waals surface area contributed by atoms with Crippen LogP contribution in [-0.4, -0.2) is 13.1 Å². The van der Waals surface area contributed by atoms with E-state index in [1.54, 1.807) is 13.0 Å². The molecule has 0 heterocycles. The first-order valence-corrected chi connectivity index (χ1v) is 4.67. The van der Waals surface area contributed by atoms with Gasteiger partial charge in [-0.05, 0) is 31.6 Å². The van der Waals surface area contributed by atoms with Crippen LogP contribution in [0.1, 0.15) is 12.5 Å². The normalized spacial score (nSPS) is 11.0. The lowest BCUT2D eigenvalue weighted by molar-refractivity contribution is -0.138. The Morgan fingerprint density at radius 1 is 1.33 bits per heavy atom. The van der Waals surface area contributed by atoms with Crippen LogP contribution >= 0.6 is 0 Å². The Balaban J connectivity index is 2.86. The fourth-order valence-corrected chi connectivity index (χ4v) is 1.11.